The summed E-state index contributed by atoms with van der Waals surface area (Å²) in [4.78, 5) is 30.1. The van der Waals surface area contributed by atoms with E-state index in [4.69, 9.17) is 4.74 Å². The standard InChI is InChI=1S/C17H15NO3S2/c1-2-21-16(20)17(13-7-4-9-23-13)15(19)11-5-3-6-12-14(11)18(17)8-10-22-12/h3-7,9H,2,8,10H2,1H3/t17-/m1/s1. The summed E-state index contributed by atoms with van der Waals surface area (Å²) in [6.45, 7) is 2.67. The molecule has 0 spiro atoms. The van der Waals surface area contributed by atoms with Crippen LogP contribution in [0, 0.1) is 0 Å². The molecule has 0 bridgehead atoms. The quantitative estimate of drug-likeness (QED) is 0.631. The van der Waals surface area contributed by atoms with Crippen LogP contribution in [0.15, 0.2) is 40.6 Å². The summed E-state index contributed by atoms with van der Waals surface area (Å²) in [6.07, 6.45) is 0. The number of carbonyl (C=O) groups excluding carboxylic acids is 2. The van der Waals surface area contributed by atoms with E-state index in [1.165, 1.54) is 11.3 Å². The molecule has 2 aromatic rings. The predicted molar refractivity (Wildman–Crippen MR) is 91.5 cm³/mol. The summed E-state index contributed by atoms with van der Waals surface area (Å²) in [7, 11) is 0. The second-order valence-electron chi connectivity index (χ2n) is 5.39. The molecule has 6 heteroatoms. The minimum absolute atomic E-state index is 0.169. The number of rotatable bonds is 3. The van der Waals surface area contributed by atoms with Gasteiger partial charge < -0.3 is 9.64 Å². The maximum atomic E-state index is 13.3. The van der Waals surface area contributed by atoms with E-state index in [1.807, 2.05) is 40.6 Å². The van der Waals surface area contributed by atoms with Gasteiger partial charge in [0.2, 0.25) is 11.3 Å². The van der Waals surface area contributed by atoms with Gasteiger partial charge >= 0.3 is 5.97 Å². The third-order valence-corrected chi connectivity index (χ3v) is 6.27. The Labute approximate surface area is 142 Å². The Balaban J connectivity index is 1.99. The molecule has 0 amide bonds. The number of ketones is 1. The van der Waals surface area contributed by atoms with Crippen molar-refractivity contribution in [2.45, 2.75) is 17.4 Å². The zero-order valence-corrected chi connectivity index (χ0v) is 14.2. The van der Waals surface area contributed by atoms with Crippen LogP contribution in [-0.2, 0) is 15.1 Å². The van der Waals surface area contributed by atoms with Gasteiger partial charge in [-0.2, -0.15) is 0 Å². The van der Waals surface area contributed by atoms with Crippen molar-refractivity contribution >= 4 is 40.5 Å². The second-order valence-corrected chi connectivity index (χ2v) is 7.47. The van der Waals surface area contributed by atoms with Gasteiger partial charge in [0.1, 0.15) is 0 Å². The maximum Gasteiger partial charge on any atom is 0.345 e. The summed E-state index contributed by atoms with van der Waals surface area (Å²) in [6, 6.07) is 9.44. The number of thioether (sulfide) groups is 1. The summed E-state index contributed by atoms with van der Waals surface area (Å²) < 4.78 is 5.35. The van der Waals surface area contributed by atoms with Gasteiger partial charge in [0.15, 0.2) is 0 Å². The number of esters is 1. The normalized spacial score (nSPS) is 22.1. The number of anilines is 1. The van der Waals surface area contributed by atoms with Crippen molar-refractivity contribution in [3.05, 3.63) is 46.2 Å². The van der Waals surface area contributed by atoms with Gasteiger partial charge in [0.05, 0.1) is 12.3 Å². The van der Waals surface area contributed by atoms with E-state index in [0.29, 0.717) is 12.1 Å². The fourth-order valence-corrected chi connectivity index (χ4v) is 5.32. The molecule has 0 aliphatic carbocycles. The van der Waals surface area contributed by atoms with E-state index in [0.717, 1.165) is 21.2 Å². The highest BCUT2D eigenvalue weighted by atomic mass is 32.2. The molecule has 4 rings (SSSR count). The van der Waals surface area contributed by atoms with Crippen LogP contribution in [0.25, 0.3) is 0 Å². The first-order valence-corrected chi connectivity index (χ1v) is 9.37. The Hall–Kier alpha value is -1.79. The Bertz CT molecular complexity index is 787. The topological polar surface area (TPSA) is 46.6 Å². The van der Waals surface area contributed by atoms with Crippen molar-refractivity contribution in [3.63, 3.8) is 0 Å². The predicted octanol–water partition coefficient (Wildman–Crippen LogP) is 3.32. The van der Waals surface area contributed by atoms with Gasteiger partial charge in [-0.05, 0) is 30.5 Å². The van der Waals surface area contributed by atoms with Crippen LogP contribution in [0.3, 0.4) is 0 Å². The van der Waals surface area contributed by atoms with E-state index >= 15 is 0 Å². The van der Waals surface area contributed by atoms with Crippen LogP contribution in [0.1, 0.15) is 22.2 Å². The summed E-state index contributed by atoms with van der Waals surface area (Å²) in [5.74, 6) is 0.204. The number of nitrogens with zero attached hydrogens (tertiary/aromatic N) is 1. The first-order chi connectivity index (χ1) is 11.2. The fourth-order valence-electron chi connectivity index (χ4n) is 3.38. The average molecular weight is 345 g/mol. The SMILES string of the molecule is CCOC(=O)[C@@]1(c2cccs2)C(=O)c2cccc3c2N1CCS3. The van der Waals surface area contributed by atoms with Crippen LogP contribution < -0.4 is 4.90 Å². The largest absolute Gasteiger partial charge is 0.464 e. The van der Waals surface area contributed by atoms with E-state index in [2.05, 4.69) is 0 Å². The fraction of sp³-hybridized carbons (Fsp3) is 0.294. The van der Waals surface area contributed by atoms with Gasteiger partial charge in [-0.25, -0.2) is 4.79 Å². The molecular weight excluding hydrogens is 330 g/mol. The average Bonchev–Trinajstić information content (AvgIpc) is 3.17. The monoisotopic (exact) mass is 345 g/mol. The van der Waals surface area contributed by atoms with E-state index in [9.17, 15) is 9.59 Å². The lowest BCUT2D eigenvalue weighted by atomic mass is 9.90. The van der Waals surface area contributed by atoms with Crippen molar-refractivity contribution in [2.75, 3.05) is 23.8 Å². The highest BCUT2D eigenvalue weighted by Crippen LogP contribution is 2.52. The third kappa shape index (κ3) is 1.85. The van der Waals surface area contributed by atoms with Crippen molar-refractivity contribution in [1.29, 1.82) is 0 Å². The highest BCUT2D eigenvalue weighted by Gasteiger charge is 2.61. The van der Waals surface area contributed by atoms with E-state index < -0.39 is 11.5 Å². The molecular formula is C17H15NO3S2. The number of para-hydroxylation sites is 1. The zero-order chi connectivity index (χ0) is 16.0. The number of hydrogen-bond acceptors (Lipinski definition) is 6. The molecule has 1 aromatic heterocycles. The van der Waals surface area contributed by atoms with Crippen molar-refractivity contribution in [1.82, 2.24) is 0 Å². The minimum atomic E-state index is -1.36. The second kappa shape index (κ2) is 5.39. The van der Waals surface area contributed by atoms with Gasteiger partial charge in [0, 0.05) is 27.6 Å². The molecule has 2 aliphatic rings. The number of carbonyl (C=O) groups is 2. The first-order valence-electron chi connectivity index (χ1n) is 7.50. The first kappa shape index (κ1) is 14.8. The molecule has 0 saturated carbocycles. The molecule has 118 valence electrons. The molecule has 23 heavy (non-hydrogen) atoms. The lowest BCUT2D eigenvalue weighted by Gasteiger charge is -2.38. The zero-order valence-electron chi connectivity index (χ0n) is 12.6. The Morgan fingerprint density at radius 1 is 1.35 bits per heavy atom. The molecule has 1 atom stereocenters. The smallest absolute Gasteiger partial charge is 0.345 e. The molecule has 0 fully saturated rings. The van der Waals surface area contributed by atoms with Crippen LogP contribution in [0.5, 0.6) is 0 Å². The molecule has 3 heterocycles. The molecule has 0 unspecified atom stereocenters. The number of thiophene rings is 1. The van der Waals surface area contributed by atoms with Gasteiger partial charge in [0.25, 0.3) is 0 Å². The molecule has 4 nitrogen and oxygen atoms in total. The lowest BCUT2D eigenvalue weighted by Crippen LogP contribution is -2.55. The number of benzene rings is 1. The van der Waals surface area contributed by atoms with Gasteiger partial charge in [-0.1, -0.05) is 12.1 Å². The number of hydrogen-bond donors (Lipinski definition) is 0. The van der Waals surface area contributed by atoms with Crippen molar-refractivity contribution < 1.29 is 14.3 Å². The summed E-state index contributed by atoms with van der Waals surface area (Å²) in [5.41, 5.74) is 0.148. The molecule has 0 saturated heterocycles. The molecule has 0 radical (unpaired) electrons. The lowest BCUT2D eigenvalue weighted by molar-refractivity contribution is -0.147. The molecule has 2 aliphatic heterocycles. The van der Waals surface area contributed by atoms with Crippen molar-refractivity contribution in [3.8, 4) is 0 Å². The number of Topliss-reactive ketones (excluding diaryl/α,β-unsaturated/α-hetero) is 1. The van der Waals surface area contributed by atoms with Gasteiger partial charge in [-0.15, -0.1) is 23.1 Å². The Kier molecular flexibility index (Phi) is 3.46. The molecule has 0 N–H and O–H groups in total. The van der Waals surface area contributed by atoms with Gasteiger partial charge in [-0.3, -0.25) is 4.79 Å². The van der Waals surface area contributed by atoms with Crippen LogP contribution in [-0.4, -0.2) is 30.7 Å². The van der Waals surface area contributed by atoms with E-state index in [1.54, 1.807) is 18.7 Å². The summed E-state index contributed by atoms with van der Waals surface area (Å²) in [5, 5.41) is 1.90. The summed E-state index contributed by atoms with van der Waals surface area (Å²) >= 11 is 3.16. The van der Waals surface area contributed by atoms with Crippen LogP contribution >= 0.6 is 23.1 Å². The third-order valence-electron chi connectivity index (χ3n) is 4.27. The maximum absolute atomic E-state index is 13.3. The highest BCUT2D eigenvalue weighted by molar-refractivity contribution is 7.99. The van der Waals surface area contributed by atoms with Crippen molar-refractivity contribution in [2.24, 2.45) is 0 Å². The van der Waals surface area contributed by atoms with Crippen LogP contribution in [0.2, 0.25) is 0 Å². The molecule has 1 aromatic carbocycles. The Morgan fingerprint density at radius 3 is 2.96 bits per heavy atom. The Morgan fingerprint density at radius 2 is 2.22 bits per heavy atom. The number of ether oxygens (including phenoxy) is 1. The minimum Gasteiger partial charge on any atom is -0.464 e. The van der Waals surface area contributed by atoms with E-state index in [-0.39, 0.29) is 12.4 Å². The van der Waals surface area contributed by atoms with Crippen LogP contribution in [0.4, 0.5) is 5.69 Å².